The lowest BCUT2D eigenvalue weighted by Gasteiger charge is -2.10. The first-order valence-electron chi connectivity index (χ1n) is 7.04. The highest BCUT2D eigenvalue weighted by Gasteiger charge is 2.09. The largest absolute Gasteiger partial charge is 0.465 e. The number of pyridine rings is 2. The van der Waals surface area contributed by atoms with Gasteiger partial charge < -0.3 is 18.6 Å². The van der Waals surface area contributed by atoms with Crippen LogP contribution in [0.1, 0.15) is 20.7 Å². The highest BCUT2D eigenvalue weighted by Crippen LogP contribution is 2.01. The summed E-state index contributed by atoms with van der Waals surface area (Å²) in [5.41, 5.74) is -0.180. The van der Waals surface area contributed by atoms with Gasteiger partial charge in [-0.25, -0.2) is 9.59 Å². The second-order valence-corrected chi connectivity index (χ2v) is 4.88. The Kier molecular flexibility index (Phi) is 5.31. The molecule has 0 aliphatic carbocycles. The molecular weight excluding hydrogens is 316 g/mol. The predicted molar refractivity (Wildman–Crippen MR) is 84.1 cm³/mol. The molecule has 0 amide bonds. The molecule has 0 atom stereocenters. The van der Waals surface area contributed by atoms with Gasteiger partial charge in [-0.15, -0.1) is 0 Å². The van der Waals surface area contributed by atoms with Crippen molar-refractivity contribution >= 4 is 11.9 Å². The monoisotopic (exact) mass is 332 g/mol. The molecule has 0 aliphatic rings. The average molecular weight is 332 g/mol. The van der Waals surface area contributed by atoms with E-state index in [0.29, 0.717) is 0 Å². The molecule has 0 N–H and O–H groups in total. The molecule has 0 spiro atoms. The fourth-order valence-electron chi connectivity index (χ4n) is 2.10. The van der Waals surface area contributed by atoms with Crippen LogP contribution in [0, 0.1) is 0 Å². The Morgan fingerprint density at radius 2 is 1.17 bits per heavy atom. The summed E-state index contributed by atoms with van der Waals surface area (Å²) in [4.78, 5) is 46.7. The Bertz CT molecular complexity index is 807. The zero-order valence-corrected chi connectivity index (χ0v) is 13.2. The Morgan fingerprint density at radius 1 is 0.792 bits per heavy atom. The fraction of sp³-hybridized carbons (Fsp3) is 0.250. The van der Waals surface area contributed by atoms with Crippen molar-refractivity contribution in [1.82, 2.24) is 9.13 Å². The van der Waals surface area contributed by atoms with Crippen molar-refractivity contribution in [3.63, 3.8) is 0 Å². The van der Waals surface area contributed by atoms with Gasteiger partial charge in [0, 0.05) is 37.6 Å². The maximum atomic E-state index is 11.9. The van der Waals surface area contributed by atoms with Gasteiger partial charge in [-0.1, -0.05) is 0 Å². The van der Waals surface area contributed by atoms with Crippen molar-refractivity contribution in [2.75, 3.05) is 14.2 Å². The lowest BCUT2D eigenvalue weighted by atomic mass is 10.2. The van der Waals surface area contributed by atoms with E-state index in [1.807, 2.05) is 0 Å². The number of nitrogens with zero attached hydrogens (tertiary/aromatic N) is 2. The number of carbonyl (C=O) groups excluding carboxylic acids is 2. The third-order valence-corrected chi connectivity index (χ3v) is 3.39. The van der Waals surface area contributed by atoms with Crippen LogP contribution < -0.4 is 11.1 Å². The summed E-state index contributed by atoms with van der Waals surface area (Å²) in [7, 11) is 2.49. The van der Waals surface area contributed by atoms with Crippen molar-refractivity contribution in [3.05, 3.63) is 68.5 Å². The van der Waals surface area contributed by atoms with Gasteiger partial charge in [0.1, 0.15) is 0 Å². The van der Waals surface area contributed by atoms with Crippen LogP contribution in [-0.2, 0) is 22.6 Å². The number of aromatic nitrogens is 2. The van der Waals surface area contributed by atoms with E-state index < -0.39 is 11.9 Å². The van der Waals surface area contributed by atoms with Gasteiger partial charge in [0.15, 0.2) is 0 Å². The van der Waals surface area contributed by atoms with Gasteiger partial charge in [0.05, 0.1) is 25.3 Å². The summed E-state index contributed by atoms with van der Waals surface area (Å²) in [6.45, 7) is 0.294. The van der Waals surface area contributed by atoms with Gasteiger partial charge in [0.2, 0.25) is 0 Å². The van der Waals surface area contributed by atoms with Crippen LogP contribution in [-0.4, -0.2) is 35.3 Å². The average Bonchev–Trinajstić information content (AvgIpc) is 2.60. The van der Waals surface area contributed by atoms with Gasteiger partial charge >= 0.3 is 11.9 Å². The molecule has 8 nitrogen and oxygen atoms in total. The molecule has 0 aromatic carbocycles. The van der Waals surface area contributed by atoms with E-state index in [2.05, 4.69) is 9.47 Å². The van der Waals surface area contributed by atoms with Crippen LogP contribution in [0.3, 0.4) is 0 Å². The minimum atomic E-state index is -0.561. The van der Waals surface area contributed by atoms with Crippen molar-refractivity contribution < 1.29 is 19.1 Å². The predicted octanol–water partition coefficient (Wildman–Crippen LogP) is 0.283. The first kappa shape index (κ1) is 17.2. The van der Waals surface area contributed by atoms with E-state index in [0.717, 1.165) is 0 Å². The summed E-state index contributed by atoms with van der Waals surface area (Å²) >= 11 is 0. The molecule has 0 fully saturated rings. The Hall–Kier alpha value is -3.16. The minimum Gasteiger partial charge on any atom is -0.465 e. The summed E-state index contributed by atoms with van der Waals surface area (Å²) in [6, 6.07) is 5.24. The molecule has 0 unspecified atom stereocenters. The summed E-state index contributed by atoms with van der Waals surface area (Å²) in [5.74, 6) is -1.12. The molecule has 2 heterocycles. The first-order valence-corrected chi connectivity index (χ1v) is 7.04. The van der Waals surface area contributed by atoms with Gasteiger partial charge in [-0.3, -0.25) is 9.59 Å². The van der Waals surface area contributed by atoms with Crippen LogP contribution in [0.15, 0.2) is 46.2 Å². The summed E-state index contributed by atoms with van der Waals surface area (Å²) in [6.07, 6.45) is 2.73. The Balaban J connectivity index is 2.25. The van der Waals surface area contributed by atoms with Gasteiger partial charge in [0.25, 0.3) is 11.1 Å². The third-order valence-electron chi connectivity index (χ3n) is 3.39. The Labute approximate surface area is 136 Å². The van der Waals surface area contributed by atoms with Crippen molar-refractivity contribution in [2.24, 2.45) is 0 Å². The zero-order chi connectivity index (χ0) is 17.7. The van der Waals surface area contributed by atoms with Crippen molar-refractivity contribution in [1.29, 1.82) is 0 Å². The molecular formula is C16H16N2O6. The molecule has 24 heavy (non-hydrogen) atoms. The number of esters is 2. The van der Waals surface area contributed by atoms with Gasteiger partial charge in [-0.05, 0) is 12.1 Å². The van der Waals surface area contributed by atoms with Crippen LogP contribution >= 0.6 is 0 Å². The van der Waals surface area contributed by atoms with Crippen LogP contribution in [0.5, 0.6) is 0 Å². The van der Waals surface area contributed by atoms with Crippen LogP contribution in [0.2, 0.25) is 0 Å². The van der Waals surface area contributed by atoms with E-state index in [4.69, 9.17) is 0 Å². The molecule has 2 rings (SSSR count). The molecule has 8 heteroatoms. The molecule has 2 aromatic heterocycles. The number of hydrogen-bond acceptors (Lipinski definition) is 6. The van der Waals surface area contributed by atoms with Crippen molar-refractivity contribution in [3.8, 4) is 0 Å². The number of methoxy groups -OCH3 is 2. The summed E-state index contributed by atoms with van der Waals surface area (Å²) in [5, 5.41) is 0. The molecule has 2 aromatic rings. The van der Waals surface area contributed by atoms with E-state index >= 15 is 0 Å². The lowest BCUT2D eigenvalue weighted by molar-refractivity contribution is 0.0590. The number of ether oxygens (including phenoxy) is 2. The highest BCUT2D eigenvalue weighted by atomic mass is 16.5. The maximum absolute atomic E-state index is 11.9. The number of aryl methyl sites for hydroxylation is 2. The van der Waals surface area contributed by atoms with Crippen molar-refractivity contribution in [2.45, 2.75) is 13.1 Å². The second-order valence-electron chi connectivity index (χ2n) is 4.88. The number of hydrogen-bond donors (Lipinski definition) is 0. The highest BCUT2D eigenvalue weighted by molar-refractivity contribution is 5.89. The smallest absolute Gasteiger partial charge is 0.339 e. The number of carbonyl (C=O) groups is 2. The molecule has 0 radical (unpaired) electrons. The molecule has 0 saturated carbocycles. The molecule has 126 valence electrons. The van der Waals surface area contributed by atoms with E-state index in [1.165, 1.54) is 60.0 Å². The molecule has 0 bridgehead atoms. The van der Waals surface area contributed by atoms with Crippen LogP contribution in [0.25, 0.3) is 0 Å². The quantitative estimate of drug-likeness (QED) is 0.730. The lowest BCUT2D eigenvalue weighted by Crippen LogP contribution is -2.27. The normalized spacial score (nSPS) is 10.2. The van der Waals surface area contributed by atoms with Crippen LogP contribution in [0.4, 0.5) is 0 Å². The Morgan fingerprint density at radius 3 is 1.50 bits per heavy atom. The topological polar surface area (TPSA) is 96.6 Å². The zero-order valence-electron chi connectivity index (χ0n) is 13.2. The third kappa shape index (κ3) is 3.78. The first-order chi connectivity index (χ1) is 11.5. The standard InChI is InChI=1S/C16H16N2O6/c1-23-15(21)11-3-5-13(19)17(9-11)7-8-18-10-12(16(22)24-2)4-6-14(18)20/h3-6,9-10H,7-8H2,1-2H3. The van der Waals surface area contributed by atoms with E-state index in [-0.39, 0.29) is 35.3 Å². The fourth-order valence-corrected chi connectivity index (χ4v) is 2.10. The second kappa shape index (κ2) is 7.40. The SMILES string of the molecule is COC(=O)c1ccc(=O)n(CCn2cc(C(=O)OC)ccc2=O)c1. The van der Waals surface area contributed by atoms with E-state index in [1.54, 1.807) is 0 Å². The molecule has 0 saturated heterocycles. The van der Waals surface area contributed by atoms with Gasteiger partial charge in [-0.2, -0.15) is 0 Å². The molecule has 0 aliphatic heterocycles. The van der Waals surface area contributed by atoms with E-state index in [9.17, 15) is 19.2 Å². The maximum Gasteiger partial charge on any atom is 0.339 e. The summed E-state index contributed by atoms with van der Waals surface area (Å²) < 4.78 is 11.8. The number of rotatable bonds is 5. The minimum absolute atomic E-state index is 0.147.